The number of hydrogen-bond donors (Lipinski definition) is 8. The van der Waals surface area contributed by atoms with Gasteiger partial charge in [-0.05, 0) is 120 Å². The molecule has 10 N–H and O–H groups in total. The van der Waals surface area contributed by atoms with Crippen molar-refractivity contribution in [2.24, 2.45) is 34.1 Å². The molecule has 7 atom stereocenters. The molecule has 66 heavy (non-hydrogen) atoms. The summed E-state index contributed by atoms with van der Waals surface area (Å²) >= 11 is 0. The number of aryl methyl sites for hydroxylation is 1. The molecular weight excluding hydrogens is 871 g/mol. The molecule has 346 valence electrons. The van der Waals surface area contributed by atoms with Crippen molar-refractivity contribution in [3.63, 3.8) is 0 Å². The van der Waals surface area contributed by atoms with Crippen LogP contribution in [0.5, 0.6) is 17.2 Å². The molecule has 0 saturated heterocycles. The number of aromatic hydroxyl groups is 2. The number of rotatable bonds is 6. The fourth-order valence-corrected chi connectivity index (χ4v) is 14.5. The van der Waals surface area contributed by atoms with Gasteiger partial charge in [-0.2, -0.15) is 0 Å². The first-order valence-electron chi connectivity index (χ1n) is 23.1. The van der Waals surface area contributed by atoms with Crippen LogP contribution in [-0.4, -0.2) is 72.8 Å². The van der Waals surface area contributed by atoms with Crippen molar-refractivity contribution in [2.45, 2.75) is 100 Å². The Hall–Kier alpha value is -4.78. The Morgan fingerprint density at radius 2 is 1.76 bits per heavy atom. The molecule has 9 rings (SSSR count). The van der Waals surface area contributed by atoms with Crippen LogP contribution in [0.4, 0.5) is 0 Å². The van der Waals surface area contributed by atoms with Crippen molar-refractivity contribution < 1.29 is 39.9 Å². The van der Waals surface area contributed by atoms with Crippen LogP contribution in [0.1, 0.15) is 118 Å². The van der Waals surface area contributed by atoms with E-state index in [2.05, 4.69) is 35.0 Å². The summed E-state index contributed by atoms with van der Waals surface area (Å²) in [5, 5.41) is 54.8. The van der Waals surface area contributed by atoms with E-state index in [9.17, 15) is 35.1 Å². The lowest BCUT2D eigenvalue weighted by Crippen LogP contribution is -2.49. The van der Waals surface area contributed by atoms with Gasteiger partial charge in [-0.25, -0.2) is 0 Å². The minimum absolute atomic E-state index is 0.0147. The van der Waals surface area contributed by atoms with E-state index in [4.69, 9.17) is 16.2 Å². The lowest BCUT2D eigenvalue weighted by molar-refractivity contribution is -0.114. The molecule has 9 bridgehead atoms. The lowest BCUT2D eigenvalue weighted by atomic mass is 9.55. The summed E-state index contributed by atoms with van der Waals surface area (Å²) in [5.41, 5.74) is 17.7. The highest BCUT2D eigenvalue weighted by atomic mass is 33.1. The van der Waals surface area contributed by atoms with Gasteiger partial charge in [0.1, 0.15) is 5.75 Å². The number of fused-ring (bicyclic) bond motifs is 8. The molecular formula is C53H59N3O8S2. The highest BCUT2D eigenvalue weighted by Crippen LogP contribution is 2.71. The predicted molar refractivity (Wildman–Crippen MR) is 258 cm³/mol. The zero-order valence-corrected chi connectivity index (χ0v) is 38.6. The maximum atomic E-state index is 14.2. The van der Waals surface area contributed by atoms with Crippen LogP contribution in [0.15, 0.2) is 85.1 Å². The largest absolute Gasteiger partial charge is 0.508 e. The van der Waals surface area contributed by atoms with Crippen LogP contribution < -0.4 is 16.2 Å². The van der Waals surface area contributed by atoms with Crippen LogP contribution in [0, 0.1) is 34.5 Å². The van der Waals surface area contributed by atoms with Gasteiger partial charge in [0.2, 0.25) is 0 Å². The topological polar surface area (TPSA) is 212 Å². The molecule has 2 heterocycles. The quantitative estimate of drug-likeness (QED) is 0.0410. The van der Waals surface area contributed by atoms with E-state index < -0.39 is 34.6 Å². The predicted octanol–water partition coefficient (Wildman–Crippen LogP) is 7.46. The average molecular weight is 930 g/mol. The molecule has 0 amide bonds. The third kappa shape index (κ3) is 9.14. The number of aromatic amines is 1. The number of nitrogens with one attached hydrogen (secondary N) is 1. The summed E-state index contributed by atoms with van der Waals surface area (Å²) in [6.07, 6.45) is 13.7. The number of carbonyl (C=O) groups excluding carboxylic acids is 2. The fourth-order valence-electron chi connectivity index (χ4n) is 11.7. The van der Waals surface area contributed by atoms with E-state index in [1.807, 2.05) is 24.3 Å². The van der Waals surface area contributed by atoms with Crippen LogP contribution >= 0.6 is 21.6 Å². The molecule has 1 aliphatic heterocycles. The van der Waals surface area contributed by atoms with Crippen LogP contribution in [0.3, 0.4) is 0 Å². The molecule has 5 aliphatic rings. The van der Waals surface area contributed by atoms with Crippen molar-refractivity contribution in [3.8, 4) is 29.1 Å². The lowest BCUT2D eigenvalue weighted by Gasteiger charge is -2.51. The molecule has 2 fully saturated rings. The minimum Gasteiger partial charge on any atom is -0.508 e. The van der Waals surface area contributed by atoms with E-state index >= 15 is 0 Å². The molecule has 1 spiro atoms. The van der Waals surface area contributed by atoms with E-state index in [1.165, 1.54) is 0 Å². The van der Waals surface area contributed by atoms with E-state index in [1.54, 1.807) is 64.2 Å². The van der Waals surface area contributed by atoms with Gasteiger partial charge in [0.15, 0.2) is 23.1 Å². The second-order valence-electron chi connectivity index (χ2n) is 19.2. The van der Waals surface area contributed by atoms with Gasteiger partial charge in [-0.3, -0.25) is 9.59 Å². The number of phenolic OH excluding ortho intramolecular Hbond substituents is 2. The number of aliphatic hydroxyl groups is 3. The molecule has 3 aromatic carbocycles. The normalized spacial score (nSPS) is 27.8. The summed E-state index contributed by atoms with van der Waals surface area (Å²) < 4.78 is 6.15. The van der Waals surface area contributed by atoms with Crippen molar-refractivity contribution in [3.05, 3.63) is 135 Å². The average Bonchev–Trinajstić information content (AvgIpc) is 3.83. The first-order chi connectivity index (χ1) is 31.8. The van der Waals surface area contributed by atoms with Gasteiger partial charge >= 0.3 is 0 Å². The third-order valence-corrected chi connectivity index (χ3v) is 17.5. The highest BCUT2D eigenvalue weighted by molar-refractivity contribution is 8.76. The maximum Gasteiger partial charge on any atom is 0.165 e. The molecule has 4 aromatic rings. The summed E-state index contributed by atoms with van der Waals surface area (Å²) in [6, 6.07) is 16.3. The van der Waals surface area contributed by atoms with Crippen LogP contribution in [-0.2, 0) is 29.8 Å². The Kier molecular flexibility index (Phi) is 13.4. The van der Waals surface area contributed by atoms with Gasteiger partial charge in [0.05, 0.1) is 37.5 Å². The zero-order valence-electron chi connectivity index (χ0n) is 37.0. The summed E-state index contributed by atoms with van der Waals surface area (Å²) in [6.45, 7) is -0.0748. The van der Waals surface area contributed by atoms with Crippen molar-refractivity contribution in [1.82, 2.24) is 4.98 Å². The van der Waals surface area contributed by atoms with Gasteiger partial charge in [-0.1, -0.05) is 82.3 Å². The van der Waals surface area contributed by atoms with E-state index in [-0.39, 0.29) is 61.0 Å². The number of ketones is 2. The number of H-pyrrole nitrogens is 1. The molecule has 0 radical (unpaired) electrons. The van der Waals surface area contributed by atoms with Gasteiger partial charge in [-0.15, -0.1) is 0 Å². The first-order valence-corrected chi connectivity index (χ1v) is 25.6. The smallest absolute Gasteiger partial charge is 0.165 e. The molecule has 1 aromatic heterocycles. The first kappa shape index (κ1) is 46.3. The number of Topliss-reactive ketones (excluding diaryl/α,β-unsaturated/α-hetero) is 1. The Balaban J connectivity index is 1.10. The summed E-state index contributed by atoms with van der Waals surface area (Å²) in [4.78, 5) is 31.1. The monoisotopic (exact) mass is 929 g/mol. The molecule has 4 aliphatic carbocycles. The Morgan fingerprint density at radius 3 is 2.58 bits per heavy atom. The fraction of sp³-hybridized carbons (Fsp3) is 0.434. The Morgan fingerprint density at radius 1 is 0.939 bits per heavy atom. The molecule has 7 unspecified atom stereocenters. The van der Waals surface area contributed by atoms with Gasteiger partial charge in [0.25, 0.3) is 0 Å². The number of aliphatic hydroxyl groups excluding tert-OH is 2. The SMILES string of the molecule is NC(N)c1cc2c3cc1CSSCC14CC5C=CC1(O)CC(C=CC(=O)CCc1ccc(O)c(c1)OCCc1ccc(O)c(c1)C3CC(=O)c1cc[nH]c1CC#C2)(C4)C5CCCC(O)CO. The Labute approximate surface area is 393 Å². The Bertz CT molecular complexity index is 2630. The van der Waals surface area contributed by atoms with E-state index in [0.29, 0.717) is 78.9 Å². The number of phenols is 2. The minimum atomic E-state index is -1.09. The van der Waals surface area contributed by atoms with Crippen LogP contribution in [0.2, 0.25) is 0 Å². The molecule has 13 heteroatoms. The standard InChI is InChI=1S/C53H59N3O8S2/c54-50(55)41-23-34-3-1-6-45-39(15-19-56-45)48(62)25-42-40(34)24-36(41)28-65-66-31-52-26-35-13-18-53(52,63)30-51(29-52,44(35)5-2-4-38(59)27-57)17-14-37(58)10-7-32-9-12-47(61)49(22-32)64-20-16-33-8-11-46(60)43(42)21-33/h8-9,11-15,17-19,21-24,35,38,42,44,50,56-57,59-61,63H,2,4-7,10,16,20,25-31,54-55H2. The number of ether oxygens (including phenoxy) is 1. The summed E-state index contributed by atoms with van der Waals surface area (Å²) in [5.74, 6) is 7.80. The number of hydrogen-bond acceptors (Lipinski definition) is 12. The second kappa shape index (κ2) is 19.1. The number of aromatic nitrogens is 1. The molecule has 2 saturated carbocycles. The van der Waals surface area contributed by atoms with E-state index in [0.717, 1.165) is 46.4 Å². The second-order valence-corrected chi connectivity index (χ2v) is 21.7. The highest BCUT2D eigenvalue weighted by Gasteiger charge is 2.68. The van der Waals surface area contributed by atoms with Gasteiger partial charge in [0, 0.05) is 70.7 Å². The van der Waals surface area contributed by atoms with Crippen molar-refractivity contribution in [1.29, 1.82) is 0 Å². The summed E-state index contributed by atoms with van der Waals surface area (Å²) in [7, 11) is 3.38. The van der Waals surface area contributed by atoms with Crippen molar-refractivity contribution >= 4 is 33.2 Å². The number of carbonyl (C=O) groups is 2. The number of allylic oxidation sites excluding steroid dienone is 3. The number of nitrogens with two attached hydrogens (primary N) is 2. The van der Waals surface area contributed by atoms with Gasteiger partial charge < -0.3 is 46.7 Å². The third-order valence-electron chi connectivity index (χ3n) is 15.0. The number of benzene rings is 3. The van der Waals surface area contributed by atoms with Crippen LogP contribution in [0.25, 0.3) is 0 Å². The molecule has 11 nitrogen and oxygen atoms in total. The maximum absolute atomic E-state index is 14.2. The van der Waals surface area contributed by atoms with Crippen molar-refractivity contribution in [2.75, 3.05) is 19.0 Å². The zero-order chi connectivity index (χ0) is 46.2.